The van der Waals surface area contributed by atoms with Crippen molar-refractivity contribution in [3.63, 3.8) is 0 Å². The minimum Gasteiger partial charge on any atom is -0.427 e. The minimum atomic E-state index is -0.924. The molecule has 0 fully saturated rings. The summed E-state index contributed by atoms with van der Waals surface area (Å²) in [6.07, 6.45) is 0. The van der Waals surface area contributed by atoms with Crippen LogP contribution in [0.5, 0.6) is 0 Å². The maximum atomic E-state index is 9.99. The Balaban J connectivity index is 2.55. The highest BCUT2D eigenvalue weighted by Crippen LogP contribution is 2.24. The number of hydrogen-bond donors (Lipinski definition) is 3. The molecule has 4 nitrogen and oxygen atoms in total. The second-order valence-electron chi connectivity index (χ2n) is 5.58. The number of nitrogens with one attached hydrogen (secondary N) is 1. The van der Waals surface area contributed by atoms with Gasteiger partial charge in [0.25, 0.3) is 0 Å². The van der Waals surface area contributed by atoms with Crippen molar-refractivity contribution in [2.75, 3.05) is 18.5 Å². The average Bonchev–Trinajstić information content (AvgIpc) is 2.34. The molecule has 1 aromatic rings. The molecule has 0 aliphatic carbocycles. The number of benzene rings is 1. The average molecular weight is 264 g/mol. The van der Waals surface area contributed by atoms with Crippen LogP contribution < -0.4 is 10.8 Å². The molecular weight excluding hydrogens is 241 g/mol. The van der Waals surface area contributed by atoms with E-state index >= 15 is 0 Å². The van der Waals surface area contributed by atoms with E-state index in [0.29, 0.717) is 6.54 Å². The number of anilines is 1. The molecular formula is C14H23BNO3. The Labute approximate surface area is 116 Å². The lowest BCUT2D eigenvalue weighted by Gasteiger charge is -2.37. The van der Waals surface area contributed by atoms with Crippen LogP contribution in [0, 0.1) is 0 Å². The lowest BCUT2D eigenvalue weighted by Crippen LogP contribution is -2.49. The zero-order valence-electron chi connectivity index (χ0n) is 12.1. The molecule has 0 amide bonds. The summed E-state index contributed by atoms with van der Waals surface area (Å²) in [4.78, 5) is 0. The maximum Gasteiger partial charge on any atom is 0.330 e. The van der Waals surface area contributed by atoms with Gasteiger partial charge in [0.2, 0.25) is 0 Å². The fraction of sp³-hybridized carbons (Fsp3) is 0.571. The molecule has 3 N–H and O–H groups in total. The standard InChI is InChI=1S/C14H23BNO3/c1-13(2,18)14(3,4)19-15-11-5-7-12(8-6-11)16-9-10-17/h5-8,16-18H,9-10H2,1-4H3. The molecule has 5 heteroatoms. The molecule has 1 radical (unpaired) electrons. The van der Waals surface area contributed by atoms with E-state index < -0.39 is 11.2 Å². The lowest BCUT2D eigenvalue weighted by molar-refractivity contribution is -0.0893. The third kappa shape index (κ3) is 4.86. The third-order valence-corrected chi connectivity index (χ3v) is 3.31. The van der Waals surface area contributed by atoms with Crippen LogP contribution in [0.4, 0.5) is 5.69 Å². The van der Waals surface area contributed by atoms with E-state index in [1.54, 1.807) is 21.3 Å². The van der Waals surface area contributed by atoms with Gasteiger partial charge in [-0.15, -0.1) is 0 Å². The molecule has 0 aliphatic heterocycles. The monoisotopic (exact) mass is 264 g/mol. The Hall–Kier alpha value is -1.04. The summed E-state index contributed by atoms with van der Waals surface area (Å²) in [5.41, 5.74) is 0.284. The molecule has 1 aromatic carbocycles. The van der Waals surface area contributed by atoms with Crippen molar-refractivity contribution < 1.29 is 14.9 Å². The number of rotatable bonds is 7. The first kappa shape index (κ1) is 16.0. The van der Waals surface area contributed by atoms with Crippen LogP contribution in [0.3, 0.4) is 0 Å². The highest BCUT2D eigenvalue weighted by molar-refractivity contribution is 6.47. The molecule has 19 heavy (non-hydrogen) atoms. The van der Waals surface area contributed by atoms with Crippen molar-refractivity contribution >= 4 is 18.6 Å². The molecule has 1 rings (SSSR count). The zero-order valence-corrected chi connectivity index (χ0v) is 12.1. The zero-order chi connectivity index (χ0) is 14.5. The lowest BCUT2D eigenvalue weighted by atomic mass is 9.82. The first-order valence-corrected chi connectivity index (χ1v) is 6.44. The third-order valence-electron chi connectivity index (χ3n) is 3.31. The van der Waals surface area contributed by atoms with Gasteiger partial charge < -0.3 is 20.2 Å². The molecule has 0 atom stereocenters. The Kier molecular flexibility index (Phi) is 5.41. The predicted octanol–water partition coefficient (Wildman–Crippen LogP) is 0.901. The molecule has 0 spiro atoms. The van der Waals surface area contributed by atoms with E-state index in [1.165, 1.54) is 0 Å². The van der Waals surface area contributed by atoms with Crippen LogP contribution in [0.1, 0.15) is 27.7 Å². The topological polar surface area (TPSA) is 61.7 Å². The van der Waals surface area contributed by atoms with Crippen LogP contribution in [0.25, 0.3) is 0 Å². The van der Waals surface area contributed by atoms with E-state index in [0.717, 1.165) is 11.2 Å². The molecule has 0 aliphatic rings. The summed E-state index contributed by atoms with van der Waals surface area (Å²) in [5, 5.41) is 21.8. The van der Waals surface area contributed by atoms with Crippen molar-refractivity contribution in [2.24, 2.45) is 0 Å². The van der Waals surface area contributed by atoms with Crippen LogP contribution in [0.15, 0.2) is 24.3 Å². The first-order chi connectivity index (χ1) is 8.76. The Bertz CT molecular complexity index is 385. The predicted molar refractivity (Wildman–Crippen MR) is 78.9 cm³/mol. The molecule has 0 aromatic heterocycles. The first-order valence-electron chi connectivity index (χ1n) is 6.44. The largest absolute Gasteiger partial charge is 0.427 e. The SMILES string of the molecule is CC(C)(O)C(C)(C)O[B]c1ccc(NCCO)cc1. The van der Waals surface area contributed by atoms with Gasteiger partial charge in [0.15, 0.2) is 0 Å². The summed E-state index contributed by atoms with van der Waals surface area (Å²) in [7, 11) is 1.65. The van der Waals surface area contributed by atoms with Crippen molar-refractivity contribution in [3.05, 3.63) is 24.3 Å². The van der Waals surface area contributed by atoms with E-state index in [-0.39, 0.29) is 6.61 Å². The number of hydrogen-bond acceptors (Lipinski definition) is 4. The second kappa shape index (κ2) is 6.41. The number of aliphatic hydroxyl groups excluding tert-OH is 1. The normalized spacial score (nSPS) is 12.3. The van der Waals surface area contributed by atoms with Gasteiger partial charge in [-0.3, -0.25) is 0 Å². The maximum absolute atomic E-state index is 9.99. The molecule has 0 heterocycles. The Morgan fingerprint density at radius 2 is 1.74 bits per heavy atom. The summed E-state index contributed by atoms with van der Waals surface area (Å²) >= 11 is 0. The Morgan fingerprint density at radius 3 is 2.21 bits per heavy atom. The van der Waals surface area contributed by atoms with Gasteiger partial charge >= 0.3 is 7.48 Å². The molecule has 0 saturated heterocycles. The summed E-state index contributed by atoms with van der Waals surface area (Å²) in [5.74, 6) is 0. The van der Waals surface area contributed by atoms with Gasteiger partial charge in [-0.05, 0) is 39.8 Å². The van der Waals surface area contributed by atoms with Crippen molar-refractivity contribution in [1.29, 1.82) is 0 Å². The second-order valence-corrected chi connectivity index (χ2v) is 5.58. The molecule has 0 bridgehead atoms. The van der Waals surface area contributed by atoms with Crippen LogP contribution in [0.2, 0.25) is 0 Å². The summed E-state index contributed by atoms with van der Waals surface area (Å²) in [6, 6.07) is 7.67. The van der Waals surface area contributed by atoms with Crippen molar-refractivity contribution in [1.82, 2.24) is 0 Å². The fourth-order valence-electron chi connectivity index (χ4n) is 1.24. The molecule has 0 unspecified atom stereocenters. The van der Waals surface area contributed by atoms with Crippen LogP contribution in [-0.2, 0) is 4.65 Å². The van der Waals surface area contributed by atoms with Crippen molar-refractivity contribution in [3.8, 4) is 0 Å². The van der Waals surface area contributed by atoms with E-state index in [4.69, 9.17) is 9.76 Å². The van der Waals surface area contributed by atoms with Gasteiger partial charge in [-0.1, -0.05) is 17.6 Å². The van der Waals surface area contributed by atoms with Gasteiger partial charge in [-0.25, -0.2) is 0 Å². The van der Waals surface area contributed by atoms with E-state index in [9.17, 15) is 5.11 Å². The molecule has 105 valence electrons. The Morgan fingerprint density at radius 1 is 1.16 bits per heavy atom. The van der Waals surface area contributed by atoms with E-state index in [1.807, 2.05) is 38.1 Å². The van der Waals surface area contributed by atoms with Crippen LogP contribution in [-0.4, -0.2) is 42.0 Å². The highest BCUT2D eigenvalue weighted by Gasteiger charge is 2.35. The molecule has 0 saturated carbocycles. The smallest absolute Gasteiger partial charge is 0.330 e. The quantitative estimate of drug-likeness (QED) is 0.640. The summed E-state index contributed by atoms with van der Waals surface area (Å²) < 4.78 is 5.67. The van der Waals surface area contributed by atoms with Crippen LogP contribution >= 0.6 is 0 Å². The van der Waals surface area contributed by atoms with Gasteiger partial charge in [0.05, 0.1) is 17.8 Å². The summed E-state index contributed by atoms with van der Waals surface area (Å²) in [6.45, 7) is 7.79. The van der Waals surface area contributed by atoms with E-state index in [2.05, 4.69) is 5.32 Å². The number of aliphatic hydroxyl groups is 2. The minimum absolute atomic E-state index is 0.108. The van der Waals surface area contributed by atoms with Gasteiger partial charge in [-0.2, -0.15) is 0 Å². The van der Waals surface area contributed by atoms with Gasteiger partial charge in [0.1, 0.15) is 0 Å². The highest BCUT2D eigenvalue weighted by atomic mass is 16.5. The van der Waals surface area contributed by atoms with Gasteiger partial charge in [0, 0.05) is 12.2 Å². The van der Waals surface area contributed by atoms with Crippen molar-refractivity contribution in [2.45, 2.75) is 38.9 Å². The fourth-order valence-corrected chi connectivity index (χ4v) is 1.24.